The topological polar surface area (TPSA) is 87.2 Å². The van der Waals surface area contributed by atoms with Gasteiger partial charge in [-0.3, -0.25) is 14.6 Å². The standard InChI is InChI=1S/C23H28ClN5O2/c24-19-15-27-17(13-21(30)16-4-2-8-25-14-16)12-18(19)20-5-1-6-22(28-20)26-9-11-29-10-3-7-23(29)31/h1,5-6,12,15-16,25H,2-4,7-11,13-14H2,(H,26,28)/t16-/m1/s1. The molecule has 2 aromatic heterocycles. The molecule has 4 rings (SSSR count). The Morgan fingerprint density at radius 3 is 3.00 bits per heavy atom. The first kappa shape index (κ1) is 21.7. The van der Waals surface area contributed by atoms with Crippen LogP contribution in [0.25, 0.3) is 11.3 Å². The maximum Gasteiger partial charge on any atom is 0.222 e. The predicted molar refractivity (Wildman–Crippen MR) is 121 cm³/mol. The van der Waals surface area contributed by atoms with Crippen molar-refractivity contribution in [1.82, 2.24) is 20.2 Å². The average Bonchev–Trinajstić information content (AvgIpc) is 3.20. The smallest absolute Gasteiger partial charge is 0.222 e. The molecule has 2 N–H and O–H groups in total. The van der Waals surface area contributed by atoms with Crippen LogP contribution in [0.3, 0.4) is 0 Å². The molecule has 0 aliphatic carbocycles. The number of halogens is 1. The van der Waals surface area contributed by atoms with E-state index >= 15 is 0 Å². The lowest BCUT2D eigenvalue weighted by Crippen LogP contribution is -2.35. The molecular weight excluding hydrogens is 414 g/mol. The Morgan fingerprint density at radius 1 is 1.32 bits per heavy atom. The number of likely N-dealkylation sites (tertiary alicyclic amines) is 1. The zero-order valence-corrected chi connectivity index (χ0v) is 18.3. The van der Waals surface area contributed by atoms with Crippen molar-refractivity contribution in [2.75, 3.05) is 38.0 Å². The molecule has 2 aliphatic rings. The highest BCUT2D eigenvalue weighted by molar-refractivity contribution is 6.33. The second-order valence-corrected chi connectivity index (χ2v) is 8.57. The number of pyridine rings is 2. The summed E-state index contributed by atoms with van der Waals surface area (Å²) in [5.41, 5.74) is 2.20. The molecule has 0 unspecified atom stereocenters. The number of rotatable bonds is 8. The third-order valence-corrected chi connectivity index (χ3v) is 6.20. The minimum atomic E-state index is 0.0582. The summed E-state index contributed by atoms with van der Waals surface area (Å²) in [5.74, 6) is 1.22. The van der Waals surface area contributed by atoms with E-state index in [4.69, 9.17) is 11.6 Å². The van der Waals surface area contributed by atoms with Gasteiger partial charge in [-0.05, 0) is 44.0 Å². The number of carbonyl (C=O) groups is 2. The molecule has 4 heterocycles. The maximum absolute atomic E-state index is 12.6. The highest BCUT2D eigenvalue weighted by Crippen LogP contribution is 2.28. The number of amides is 1. The largest absolute Gasteiger partial charge is 0.368 e. The van der Waals surface area contributed by atoms with Crippen LogP contribution >= 0.6 is 11.6 Å². The van der Waals surface area contributed by atoms with Gasteiger partial charge in [-0.2, -0.15) is 0 Å². The van der Waals surface area contributed by atoms with Gasteiger partial charge in [0.15, 0.2) is 0 Å². The summed E-state index contributed by atoms with van der Waals surface area (Å²) in [4.78, 5) is 35.3. The fourth-order valence-corrected chi connectivity index (χ4v) is 4.37. The Balaban J connectivity index is 1.42. The van der Waals surface area contributed by atoms with Crippen LogP contribution in [-0.4, -0.2) is 59.3 Å². The number of nitrogens with zero attached hydrogens (tertiary/aromatic N) is 3. The van der Waals surface area contributed by atoms with E-state index in [0.29, 0.717) is 36.6 Å². The molecular formula is C23H28ClN5O2. The molecule has 164 valence electrons. The summed E-state index contributed by atoms with van der Waals surface area (Å²) in [6.45, 7) is 3.87. The molecule has 2 aromatic rings. The van der Waals surface area contributed by atoms with E-state index in [9.17, 15) is 9.59 Å². The number of ketones is 1. The Labute approximate surface area is 187 Å². The lowest BCUT2D eigenvalue weighted by molar-refractivity contribution is -0.127. The first-order valence-electron chi connectivity index (χ1n) is 11.0. The van der Waals surface area contributed by atoms with Crippen LogP contribution < -0.4 is 10.6 Å². The monoisotopic (exact) mass is 441 g/mol. The summed E-state index contributed by atoms with van der Waals surface area (Å²) >= 11 is 6.41. The van der Waals surface area contributed by atoms with Crippen LogP contribution in [0, 0.1) is 5.92 Å². The van der Waals surface area contributed by atoms with E-state index in [-0.39, 0.29) is 17.6 Å². The lowest BCUT2D eigenvalue weighted by Gasteiger charge is -2.21. The number of anilines is 1. The number of nitrogens with one attached hydrogen (secondary N) is 2. The van der Waals surface area contributed by atoms with Crippen molar-refractivity contribution in [2.24, 2.45) is 5.92 Å². The molecule has 0 bridgehead atoms. The summed E-state index contributed by atoms with van der Waals surface area (Å²) in [6.07, 6.45) is 5.46. The van der Waals surface area contributed by atoms with Gasteiger partial charge in [0.25, 0.3) is 0 Å². The van der Waals surface area contributed by atoms with Gasteiger partial charge in [-0.25, -0.2) is 4.98 Å². The highest BCUT2D eigenvalue weighted by Gasteiger charge is 2.22. The van der Waals surface area contributed by atoms with E-state index in [2.05, 4.69) is 20.6 Å². The van der Waals surface area contributed by atoms with Crippen molar-refractivity contribution in [3.63, 3.8) is 0 Å². The molecule has 0 aromatic carbocycles. The predicted octanol–water partition coefficient (Wildman–Crippen LogP) is 2.94. The van der Waals surface area contributed by atoms with Crippen LogP contribution in [-0.2, 0) is 16.0 Å². The summed E-state index contributed by atoms with van der Waals surface area (Å²) < 4.78 is 0. The minimum absolute atomic E-state index is 0.0582. The minimum Gasteiger partial charge on any atom is -0.368 e. The third kappa shape index (κ3) is 5.60. The van der Waals surface area contributed by atoms with E-state index in [1.807, 2.05) is 29.2 Å². The van der Waals surface area contributed by atoms with E-state index in [1.165, 1.54) is 0 Å². The summed E-state index contributed by atoms with van der Waals surface area (Å²) in [5, 5.41) is 7.08. The fourth-order valence-electron chi connectivity index (χ4n) is 4.17. The Hall–Kier alpha value is -2.51. The van der Waals surface area contributed by atoms with E-state index in [1.54, 1.807) is 6.20 Å². The Bertz CT molecular complexity index is 945. The van der Waals surface area contributed by atoms with Gasteiger partial charge in [-0.15, -0.1) is 0 Å². The van der Waals surface area contributed by atoms with Gasteiger partial charge < -0.3 is 15.5 Å². The summed E-state index contributed by atoms with van der Waals surface area (Å²) in [7, 11) is 0. The van der Waals surface area contributed by atoms with Gasteiger partial charge in [0.2, 0.25) is 5.91 Å². The molecule has 8 heteroatoms. The summed E-state index contributed by atoms with van der Waals surface area (Å²) in [6, 6.07) is 7.57. The highest BCUT2D eigenvalue weighted by atomic mass is 35.5. The van der Waals surface area contributed by atoms with Crippen molar-refractivity contribution < 1.29 is 9.59 Å². The number of piperidine rings is 1. The normalized spacial score (nSPS) is 18.9. The van der Waals surface area contributed by atoms with E-state index in [0.717, 1.165) is 56.0 Å². The fraction of sp³-hybridized carbons (Fsp3) is 0.478. The number of aromatic nitrogens is 2. The molecule has 0 saturated carbocycles. The zero-order valence-electron chi connectivity index (χ0n) is 17.6. The molecule has 1 amide bonds. The van der Waals surface area contributed by atoms with E-state index < -0.39 is 0 Å². The SMILES string of the molecule is O=C(Cc1cc(-c2cccc(NCCN3CCCC3=O)n2)c(Cl)cn1)[C@@H]1CCCNC1. The molecule has 0 radical (unpaired) electrons. The number of hydrogen-bond donors (Lipinski definition) is 2. The van der Waals surface area contributed by atoms with Gasteiger partial charge in [-0.1, -0.05) is 17.7 Å². The first-order chi connectivity index (χ1) is 15.1. The molecule has 0 spiro atoms. The first-order valence-corrected chi connectivity index (χ1v) is 11.3. The molecule has 2 aliphatic heterocycles. The second kappa shape index (κ2) is 10.2. The molecule has 31 heavy (non-hydrogen) atoms. The van der Waals surface area contributed by atoms with Crippen LogP contribution in [0.4, 0.5) is 5.82 Å². The zero-order chi connectivity index (χ0) is 21.6. The Kier molecular flexibility index (Phi) is 7.14. The van der Waals surface area contributed by atoms with Crippen molar-refractivity contribution >= 4 is 29.1 Å². The molecule has 2 fully saturated rings. The average molecular weight is 442 g/mol. The van der Waals surface area contributed by atoms with Crippen molar-refractivity contribution in [1.29, 1.82) is 0 Å². The number of hydrogen-bond acceptors (Lipinski definition) is 6. The molecule has 7 nitrogen and oxygen atoms in total. The van der Waals surface area contributed by atoms with Crippen LogP contribution in [0.2, 0.25) is 5.02 Å². The van der Waals surface area contributed by atoms with Gasteiger partial charge in [0.05, 0.1) is 10.7 Å². The van der Waals surface area contributed by atoms with Crippen molar-refractivity contribution in [2.45, 2.75) is 32.1 Å². The van der Waals surface area contributed by atoms with Gasteiger partial charge >= 0.3 is 0 Å². The number of Topliss-reactive ketones (excluding diaryl/α,β-unsaturated/α-hetero) is 1. The van der Waals surface area contributed by atoms with Gasteiger partial charge in [0.1, 0.15) is 11.6 Å². The quantitative estimate of drug-likeness (QED) is 0.655. The molecule has 1 atom stereocenters. The van der Waals surface area contributed by atoms with Gasteiger partial charge in [0, 0.05) is 62.4 Å². The third-order valence-electron chi connectivity index (χ3n) is 5.90. The van der Waals surface area contributed by atoms with Crippen LogP contribution in [0.5, 0.6) is 0 Å². The lowest BCUT2D eigenvalue weighted by atomic mass is 9.92. The number of carbonyl (C=O) groups excluding carboxylic acids is 2. The van der Waals surface area contributed by atoms with Crippen LogP contribution in [0.1, 0.15) is 31.4 Å². The van der Waals surface area contributed by atoms with Crippen LogP contribution in [0.15, 0.2) is 30.5 Å². The maximum atomic E-state index is 12.6. The Morgan fingerprint density at radius 2 is 2.23 bits per heavy atom. The van der Waals surface area contributed by atoms with Crippen molar-refractivity contribution in [3.8, 4) is 11.3 Å². The molecule has 2 saturated heterocycles. The second-order valence-electron chi connectivity index (χ2n) is 8.16. The van der Waals surface area contributed by atoms with Crippen molar-refractivity contribution in [3.05, 3.63) is 41.2 Å².